The van der Waals surface area contributed by atoms with Crippen LogP contribution in [0.3, 0.4) is 0 Å². The van der Waals surface area contributed by atoms with Gasteiger partial charge in [-0.1, -0.05) is 23.7 Å². The summed E-state index contributed by atoms with van der Waals surface area (Å²) in [5.74, 6) is 0. The number of rotatable bonds is 4. The molecule has 3 N–H and O–H groups in total. The molecule has 1 aromatic carbocycles. The number of ether oxygens (including phenoxy) is 1. The second-order valence-electron chi connectivity index (χ2n) is 3.96. The van der Waals surface area contributed by atoms with E-state index < -0.39 is 0 Å². The van der Waals surface area contributed by atoms with Crippen LogP contribution in [0, 0.1) is 0 Å². The van der Waals surface area contributed by atoms with Gasteiger partial charge in [0, 0.05) is 12.1 Å². The van der Waals surface area contributed by atoms with E-state index in [2.05, 4.69) is 5.10 Å². The second-order valence-corrected chi connectivity index (χ2v) is 4.39. The summed E-state index contributed by atoms with van der Waals surface area (Å²) in [4.78, 5) is 11.9. The fourth-order valence-electron chi connectivity index (χ4n) is 1.73. The summed E-state index contributed by atoms with van der Waals surface area (Å²) in [6.07, 6.45) is 0. The molecule has 6 heteroatoms. The molecule has 0 unspecified atom stereocenters. The Bertz CT molecular complexity index is 604. The smallest absolute Gasteiger partial charge is 0.290 e. The van der Waals surface area contributed by atoms with E-state index >= 15 is 0 Å². The van der Waals surface area contributed by atoms with Crippen molar-refractivity contribution in [3.63, 3.8) is 0 Å². The van der Waals surface area contributed by atoms with E-state index in [1.54, 1.807) is 19.2 Å². The number of nitrogens with one attached hydrogen (secondary N) is 1. The Morgan fingerprint density at radius 3 is 2.94 bits per heavy atom. The first kappa shape index (κ1) is 12.7. The normalized spacial score (nSPS) is 10.8. The standard InChI is InChI=1S/C12H14ClN3O2/c1-18-7-10-11(14)12(17)16(15-10)6-8-3-2-4-9(13)5-8/h2-5,15H,6-7,14H2,1H3. The number of H-pyrrole nitrogens is 1. The molecule has 0 bridgehead atoms. The molecule has 18 heavy (non-hydrogen) atoms. The van der Waals surface area contributed by atoms with E-state index in [0.717, 1.165) is 5.56 Å². The number of halogens is 1. The molecule has 0 fully saturated rings. The molecule has 0 amide bonds. The molecule has 1 aromatic heterocycles. The summed E-state index contributed by atoms with van der Waals surface area (Å²) in [6, 6.07) is 7.32. The average Bonchev–Trinajstić information content (AvgIpc) is 2.59. The van der Waals surface area contributed by atoms with Crippen molar-refractivity contribution < 1.29 is 4.74 Å². The lowest BCUT2D eigenvalue weighted by Gasteiger charge is -2.02. The van der Waals surface area contributed by atoms with Crippen LogP contribution in [0.25, 0.3) is 0 Å². The van der Waals surface area contributed by atoms with Gasteiger partial charge in [-0.05, 0) is 17.7 Å². The molecular weight excluding hydrogens is 254 g/mol. The Labute approximate surface area is 109 Å². The predicted molar refractivity (Wildman–Crippen MR) is 70.7 cm³/mol. The van der Waals surface area contributed by atoms with Crippen LogP contribution in [0.4, 0.5) is 5.69 Å². The molecule has 2 rings (SSSR count). The topological polar surface area (TPSA) is 73.0 Å². The average molecular weight is 268 g/mol. The molecule has 0 aliphatic carbocycles. The first-order chi connectivity index (χ1) is 8.61. The molecule has 0 radical (unpaired) electrons. The highest BCUT2D eigenvalue weighted by atomic mass is 35.5. The summed E-state index contributed by atoms with van der Waals surface area (Å²) >= 11 is 5.89. The summed E-state index contributed by atoms with van der Waals surface area (Å²) in [7, 11) is 1.55. The van der Waals surface area contributed by atoms with E-state index in [-0.39, 0.29) is 17.9 Å². The molecule has 5 nitrogen and oxygen atoms in total. The highest BCUT2D eigenvalue weighted by molar-refractivity contribution is 6.30. The Hall–Kier alpha value is -1.72. The molecule has 0 saturated carbocycles. The molecule has 0 aliphatic heterocycles. The summed E-state index contributed by atoms with van der Waals surface area (Å²) in [6.45, 7) is 0.678. The van der Waals surface area contributed by atoms with E-state index in [4.69, 9.17) is 22.1 Å². The van der Waals surface area contributed by atoms with E-state index in [1.807, 2.05) is 12.1 Å². The van der Waals surface area contributed by atoms with Crippen molar-refractivity contribution in [3.05, 3.63) is 50.9 Å². The van der Waals surface area contributed by atoms with Crippen molar-refractivity contribution in [3.8, 4) is 0 Å². The van der Waals surface area contributed by atoms with Crippen LogP contribution in [-0.4, -0.2) is 16.9 Å². The Balaban J connectivity index is 2.29. The molecule has 1 heterocycles. The maximum atomic E-state index is 11.9. The zero-order valence-electron chi connectivity index (χ0n) is 9.94. The van der Waals surface area contributed by atoms with Gasteiger partial charge in [-0.25, -0.2) is 4.68 Å². The van der Waals surface area contributed by atoms with Gasteiger partial charge in [-0.3, -0.25) is 9.89 Å². The van der Waals surface area contributed by atoms with Gasteiger partial charge in [0.05, 0.1) is 18.8 Å². The molecule has 0 saturated heterocycles. The third kappa shape index (κ3) is 2.57. The molecule has 0 atom stereocenters. The minimum absolute atomic E-state index is 0.193. The quantitative estimate of drug-likeness (QED) is 0.884. The number of benzene rings is 1. The van der Waals surface area contributed by atoms with Gasteiger partial charge in [0.1, 0.15) is 5.69 Å². The Morgan fingerprint density at radius 1 is 1.50 bits per heavy atom. The predicted octanol–water partition coefficient (Wildman–Crippen LogP) is 1.61. The summed E-state index contributed by atoms with van der Waals surface area (Å²) in [5, 5.41) is 3.57. The van der Waals surface area contributed by atoms with E-state index in [9.17, 15) is 4.79 Å². The van der Waals surface area contributed by atoms with Crippen molar-refractivity contribution in [1.29, 1.82) is 0 Å². The van der Waals surface area contributed by atoms with Crippen molar-refractivity contribution in [2.75, 3.05) is 12.8 Å². The highest BCUT2D eigenvalue weighted by Gasteiger charge is 2.10. The molecular formula is C12H14ClN3O2. The third-order valence-electron chi connectivity index (χ3n) is 2.59. The number of methoxy groups -OCH3 is 1. The molecule has 0 spiro atoms. The van der Waals surface area contributed by atoms with Crippen LogP contribution in [0.15, 0.2) is 29.1 Å². The monoisotopic (exact) mass is 267 g/mol. The number of hydrogen-bond acceptors (Lipinski definition) is 3. The number of nitrogens with two attached hydrogens (primary N) is 1. The zero-order chi connectivity index (χ0) is 13.1. The first-order valence-electron chi connectivity index (χ1n) is 5.42. The summed E-state index contributed by atoms with van der Waals surface area (Å²) < 4.78 is 6.40. The van der Waals surface area contributed by atoms with Crippen LogP contribution in [0.1, 0.15) is 11.3 Å². The van der Waals surface area contributed by atoms with Crippen LogP contribution >= 0.6 is 11.6 Å². The maximum absolute atomic E-state index is 11.9. The van der Waals surface area contributed by atoms with Gasteiger partial charge in [0.25, 0.3) is 5.56 Å². The van der Waals surface area contributed by atoms with Crippen molar-refractivity contribution in [1.82, 2.24) is 9.78 Å². The zero-order valence-corrected chi connectivity index (χ0v) is 10.7. The number of anilines is 1. The van der Waals surface area contributed by atoms with Crippen LogP contribution in [0.5, 0.6) is 0 Å². The second kappa shape index (κ2) is 5.29. The van der Waals surface area contributed by atoms with Crippen LogP contribution in [0.2, 0.25) is 5.02 Å². The van der Waals surface area contributed by atoms with Crippen molar-refractivity contribution >= 4 is 17.3 Å². The van der Waals surface area contributed by atoms with Gasteiger partial charge in [0.2, 0.25) is 0 Å². The Kier molecular flexibility index (Phi) is 3.74. The first-order valence-corrected chi connectivity index (χ1v) is 5.80. The number of nitrogen functional groups attached to an aromatic ring is 1. The lowest BCUT2D eigenvalue weighted by molar-refractivity contribution is 0.181. The fourth-order valence-corrected chi connectivity index (χ4v) is 1.94. The van der Waals surface area contributed by atoms with Gasteiger partial charge >= 0.3 is 0 Å². The maximum Gasteiger partial charge on any atom is 0.290 e. The van der Waals surface area contributed by atoms with Crippen LogP contribution < -0.4 is 11.3 Å². The largest absolute Gasteiger partial charge is 0.393 e. The Morgan fingerprint density at radius 2 is 2.28 bits per heavy atom. The SMILES string of the molecule is COCc1[nH]n(Cc2cccc(Cl)c2)c(=O)c1N. The van der Waals surface area contributed by atoms with E-state index in [1.165, 1.54) is 4.68 Å². The lowest BCUT2D eigenvalue weighted by atomic mass is 10.2. The molecule has 96 valence electrons. The molecule has 2 aromatic rings. The van der Waals surface area contributed by atoms with Gasteiger partial charge in [0.15, 0.2) is 0 Å². The highest BCUT2D eigenvalue weighted by Crippen LogP contribution is 2.12. The van der Waals surface area contributed by atoms with Gasteiger partial charge in [-0.15, -0.1) is 0 Å². The van der Waals surface area contributed by atoms with Crippen LogP contribution in [-0.2, 0) is 17.9 Å². The number of aromatic nitrogens is 2. The summed E-state index contributed by atoms with van der Waals surface area (Å²) in [5.41, 5.74) is 7.16. The van der Waals surface area contributed by atoms with Crippen molar-refractivity contribution in [2.45, 2.75) is 13.2 Å². The minimum atomic E-state index is -0.248. The lowest BCUT2D eigenvalue weighted by Crippen LogP contribution is -2.19. The third-order valence-corrected chi connectivity index (χ3v) is 2.82. The van der Waals surface area contributed by atoms with E-state index in [0.29, 0.717) is 17.3 Å². The number of nitrogens with zero attached hydrogens (tertiary/aromatic N) is 1. The van der Waals surface area contributed by atoms with Gasteiger partial charge in [-0.2, -0.15) is 0 Å². The number of aromatic amines is 1. The minimum Gasteiger partial charge on any atom is -0.393 e. The fraction of sp³-hybridized carbons (Fsp3) is 0.250. The van der Waals surface area contributed by atoms with Crippen molar-refractivity contribution in [2.24, 2.45) is 0 Å². The van der Waals surface area contributed by atoms with Gasteiger partial charge < -0.3 is 10.5 Å². The molecule has 0 aliphatic rings. The number of hydrogen-bond donors (Lipinski definition) is 2.